The number of carboxylic acid groups (broad SMARTS) is 1. The van der Waals surface area contributed by atoms with Gasteiger partial charge in [0.1, 0.15) is 6.04 Å². The van der Waals surface area contributed by atoms with Gasteiger partial charge in [0.05, 0.1) is 6.10 Å². The van der Waals surface area contributed by atoms with E-state index in [-0.39, 0.29) is 5.92 Å². The summed E-state index contributed by atoms with van der Waals surface area (Å²) < 4.78 is 0. The van der Waals surface area contributed by atoms with Crippen LogP contribution in [0.1, 0.15) is 11.5 Å². The van der Waals surface area contributed by atoms with Crippen molar-refractivity contribution in [1.82, 2.24) is 5.32 Å². The van der Waals surface area contributed by atoms with Crippen molar-refractivity contribution < 1.29 is 15.0 Å². The highest BCUT2D eigenvalue weighted by atomic mass is 16.4. The molecule has 4 heteroatoms. The normalized spacial score (nSPS) is 24.9. The van der Waals surface area contributed by atoms with Crippen molar-refractivity contribution in [3.8, 4) is 11.1 Å². The minimum Gasteiger partial charge on any atom is -0.480 e. The molecule has 0 aromatic heterocycles. The molecule has 3 N–H and O–H groups in total. The van der Waals surface area contributed by atoms with E-state index in [1.165, 1.54) is 0 Å². The molecule has 0 saturated carbocycles. The standard InChI is InChI=1S/C17H17NO3/c19-16-14(10-18-15(16)17(20)21)13-8-4-7-12(9-13)11-5-2-1-3-6-11/h1-9,14-16,18-19H,10H2,(H,20,21)/t14-,15-,16+/m1/s1. The van der Waals surface area contributed by atoms with Gasteiger partial charge < -0.3 is 15.5 Å². The first-order valence-corrected chi connectivity index (χ1v) is 6.96. The van der Waals surface area contributed by atoms with Gasteiger partial charge in [-0.15, -0.1) is 0 Å². The number of benzene rings is 2. The maximum atomic E-state index is 11.1. The molecule has 0 radical (unpaired) electrons. The van der Waals surface area contributed by atoms with E-state index in [2.05, 4.69) is 5.32 Å². The van der Waals surface area contributed by atoms with Crippen LogP contribution in [0.3, 0.4) is 0 Å². The highest BCUT2D eigenvalue weighted by molar-refractivity contribution is 5.75. The third kappa shape index (κ3) is 2.68. The summed E-state index contributed by atoms with van der Waals surface area (Å²) >= 11 is 0. The minimum absolute atomic E-state index is 0.199. The van der Waals surface area contributed by atoms with E-state index >= 15 is 0 Å². The summed E-state index contributed by atoms with van der Waals surface area (Å²) in [6, 6.07) is 17.0. The summed E-state index contributed by atoms with van der Waals surface area (Å²) in [4.78, 5) is 11.1. The maximum Gasteiger partial charge on any atom is 0.323 e. The highest BCUT2D eigenvalue weighted by Gasteiger charge is 2.39. The topological polar surface area (TPSA) is 69.6 Å². The molecule has 0 bridgehead atoms. The molecule has 3 atom stereocenters. The third-order valence-corrected chi connectivity index (χ3v) is 4.00. The van der Waals surface area contributed by atoms with E-state index in [9.17, 15) is 9.90 Å². The Morgan fingerprint density at radius 1 is 1.05 bits per heavy atom. The first-order valence-electron chi connectivity index (χ1n) is 6.96. The van der Waals surface area contributed by atoms with Crippen molar-refractivity contribution in [1.29, 1.82) is 0 Å². The second kappa shape index (κ2) is 5.68. The first-order chi connectivity index (χ1) is 10.2. The van der Waals surface area contributed by atoms with Gasteiger partial charge in [0.2, 0.25) is 0 Å². The molecule has 2 aromatic carbocycles. The van der Waals surface area contributed by atoms with Crippen LogP contribution in [0.4, 0.5) is 0 Å². The Balaban J connectivity index is 1.89. The van der Waals surface area contributed by atoms with E-state index in [0.717, 1.165) is 16.7 Å². The molecule has 1 saturated heterocycles. The van der Waals surface area contributed by atoms with Gasteiger partial charge in [-0.2, -0.15) is 0 Å². The number of aliphatic carboxylic acids is 1. The molecule has 1 heterocycles. The molecule has 0 amide bonds. The third-order valence-electron chi connectivity index (χ3n) is 4.00. The number of carboxylic acids is 1. The highest BCUT2D eigenvalue weighted by Crippen LogP contribution is 2.29. The van der Waals surface area contributed by atoms with Crippen LogP contribution < -0.4 is 5.32 Å². The average Bonchev–Trinajstić information content (AvgIpc) is 2.90. The van der Waals surface area contributed by atoms with Gasteiger partial charge in [-0.1, -0.05) is 54.6 Å². The zero-order valence-electron chi connectivity index (χ0n) is 11.4. The summed E-state index contributed by atoms with van der Waals surface area (Å²) in [5.74, 6) is -1.21. The lowest BCUT2D eigenvalue weighted by Crippen LogP contribution is -2.38. The van der Waals surface area contributed by atoms with Crippen molar-refractivity contribution in [3.63, 3.8) is 0 Å². The Labute approximate surface area is 123 Å². The molecule has 1 aliphatic rings. The van der Waals surface area contributed by atoms with Crippen molar-refractivity contribution in [2.45, 2.75) is 18.1 Å². The van der Waals surface area contributed by atoms with Crippen molar-refractivity contribution in [2.24, 2.45) is 0 Å². The first kappa shape index (κ1) is 13.8. The van der Waals surface area contributed by atoms with Gasteiger partial charge >= 0.3 is 5.97 Å². The number of aliphatic hydroxyl groups is 1. The fourth-order valence-electron chi connectivity index (χ4n) is 2.86. The maximum absolute atomic E-state index is 11.1. The van der Waals surface area contributed by atoms with Gasteiger partial charge in [-0.25, -0.2) is 0 Å². The zero-order valence-corrected chi connectivity index (χ0v) is 11.4. The SMILES string of the molecule is O=C(O)[C@@H]1NC[C@H](c2cccc(-c3ccccc3)c2)[C@@H]1O. The largest absolute Gasteiger partial charge is 0.480 e. The Morgan fingerprint density at radius 3 is 2.43 bits per heavy atom. The van der Waals surface area contributed by atoms with Crippen LogP contribution >= 0.6 is 0 Å². The second-order valence-corrected chi connectivity index (χ2v) is 5.31. The lowest BCUT2D eigenvalue weighted by molar-refractivity contribution is -0.141. The summed E-state index contributed by atoms with van der Waals surface area (Å²) in [5, 5.41) is 22.1. The number of rotatable bonds is 3. The summed E-state index contributed by atoms with van der Waals surface area (Å²) in [7, 11) is 0. The number of hydrogen-bond donors (Lipinski definition) is 3. The zero-order chi connectivity index (χ0) is 14.8. The van der Waals surface area contributed by atoms with Crippen LogP contribution in [0.25, 0.3) is 11.1 Å². The van der Waals surface area contributed by atoms with Crippen molar-refractivity contribution in [3.05, 3.63) is 60.2 Å². The van der Waals surface area contributed by atoms with Crippen LogP contribution in [0.2, 0.25) is 0 Å². The molecule has 0 unspecified atom stereocenters. The van der Waals surface area contributed by atoms with Crippen LogP contribution in [0.5, 0.6) is 0 Å². The van der Waals surface area contributed by atoms with Crippen LogP contribution in [0.15, 0.2) is 54.6 Å². The number of hydrogen-bond acceptors (Lipinski definition) is 3. The number of nitrogens with one attached hydrogen (secondary N) is 1. The number of carbonyl (C=O) groups is 1. The molecule has 1 fully saturated rings. The molecule has 108 valence electrons. The fraction of sp³-hybridized carbons (Fsp3) is 0.235. The van der Waals surface area contributed by atoms with E-state index in [4.69, 9.17) is 5.11 Å². The molecule has 2 aromatic rings. The summed E-state index contributed by atoms with van der Waals surface area (Å²) in [5.41, 5.74) is 3.13. The van der Waals surface area contributed by atoms with E-state index in [1.54, 1.807) is 0 Å². The van der Waals surface area contributed by atoms with Crippen LogP contribution in [-0.4, -0.2) is 34.9 Å². The smallest absolute Gasteiger partial charge is 0.323 e. The van der Waals surface area contributed by atoms with Crippen LogP contribution in [-0.2, 0) is 4.79 Å². The predicted octanol–water partition coefficient (Wildman–Crippen LogP) is 1.85. The number of aliphatic hydroxyl groups excluding tert-OH is 1. The molecule has 1 aliphatic heterocycles. The molecule has 0 spiro atoms. The molecular weight excluding hydrogens is 266 g/mol. The Bertz CT molecular complexity index is 641. The van der Waals surface area contributed by atoms with Gasteiger partial charge in [0.25, 0.3) is 0 Å². The summed E-state index contributed by atoms with van der Waals surface area (Å²) in [6.07, 6.45) is -0.909. The average molecular weight is 283 g/mol. The Hall–Kier alpha value is -2.17. The minimum atomic E-state index is -1.01. The second-order valence-electron chi connectivity index (χ2n) is 5.31. The quantitative estimate of drug-likeness (QED) is 0.804. The Morgan fingerprint density at radius 2 is 1.76 bits per heavy atom. The fourth-order valence-corrected chi connectivity index (χ4v) is 2.86. The summed E-state index contributed by atoms with van der Waals surface area (Å²) in [6.45, 7) is 0.469. The van der Waals surface area contributed by atoms with Crippen molar-refractivity contribution in [2.75, 3.05) is 6.54 Å². The lowest BCUT2D eigenvalue weighted by atomic mass is 9.91. The molecule has 0 aliphatic carbocycles. The van der Waals surface area contributed by atoms with Gasteiger partial charge in [0.15, 0.2) is 0 Å². The predicted molar refractivity (Wildman–Crippen MR) is 80.1 cm³/mol. The van der Waals surface area contributed by atoms with Gasteiger partial charge in [0, 0.05) is 12.5 Å². The van der Waals surface area contributed by atoms with Crippen LogP contribution in [0, 0.1) is 0 Å². The molecule has 3 rings (SSSR count). The monoisotopic (exact) mass is 283 g/mol. The molecule has 21 heavy (non-hydrogen) atoms. The van der Waals surface area contributed by atoms with E-state index in [1.807, 2.05) is 54.6 Å². The molecule has 4 nitrogen and oxygen atoms in total. The van der Waals surface area contributed by atoms with Crippen molar-refractivity contribution >= 4 is 5.97 Å². The van der Waals surface area contributed by atoms with E-state index < -0.39 is 18.1 Å². The Kier molecular flexibility index (Phi) is 3.73. The lowest BCUT2D eigenvalue weighted by Gasteiger charge is -2.17. The van der Waals surface area contributed by atoms with Gasteiger partial charge in [-0.05, 0) is 16.7 Å². The van der Waals surface area contributed by atoms with Gasteiger partial charge in [-0.3, -0.25) is 4.79 Å². The van der Waals surface area contributed by atoms with E-state index in [0.29, 0.717) is 6.54 Å². The molecular formula is C17H17NO3.